The highest BCUT2D eigenvalue weighted by atomic mass is 16.5. The van der Waals surface area contributed by atoms with Crippen LogP contribution in [0.15, 0.2) is 27.8 Å². The fourth-order valence-corrected chi connectivity index (χ4v) is 2.23. The molecule has 22 heavy (non-hydrogen) atoms. The summed E-state index contributed by atoms with van der Waals surface area (Å²) in [6.07, 6.45) is 0. The molecule has 0 radical (unpaired) electrons. The molecule has 0 saturated heterocycles. The van der Waals surface area contributed by atoms with E-state index in [0.717, 1.165) is 4.68 Å². The molecule has 1 aromatic carbocycles. The Labute approximate surface area is 124 Å². The summed E-state index contributed by atoms with van der Waals surface area (Å²) in [5, 5.41) is 5.23. The third-order valence-electron chi connectivity index (χ3n) is 3.34. The van der Waals surface area contributed by atoms with Crippen molar-refractivity contribution in [2.24, 2.45) is 7.05 Å². The Hall–Kier alpha value is -3.03. The molecular weight excluding hydrogens is 288 g/mol. The molecule has 0 spiro atoms. The van der Waals surface area contributed by atoms with Crippen LogP contribution in [0.5, 0.6) is 11.5 Å². The van der Waals surface area contributed by atoms with Crippen molar-refractivity contribution in [3.05, 3.63) is 44.5 Å². The molecule has 114 valence electrons. The van der Waals surface area contributed by atoms with Gasteiger partial charge in [-0.3, -0.25) is 24.2 Å². The van der Waals surface area contributed by atoms with Gasteiger partial charge in [-0.2, -0.15) is 0 Å². The third-order valence-corrected chi connectivity index (χ3v) is 3.34. The molecule has 8 heteroatoms. The van der Waals surface area contributed by atoms with E-state index < -0.39 is 11.1 Å². The number of aromatic amines is 1. The summed E-state index contributed by atoms with van der Waals surface area (Å²) in [6, 6.07) is 4.95. The van der Waals surface area contributed by atoms with Crippen molar-refractivity contribution < 1.29 is 9.53 Å². The van der Waals surface area contributed by atoms with Crippen molar-refractivity contribution in [3.63, 3.8) is 0 Å². The molecule has 2 N–H and O–H groups in total. The van der Waals surface area contributed by atoms with E-state index in [1.165, 1.54) is 11.9 Å². The molecule has 1 aliphatic heterocycles. The minimum Gasteiger partial charge on any atom is -0.446 e. The number of aryl methyl sites for hydroxylation is 1. The molecule has 1 amide bonds. The maximum atomic E-state index is 12.2. The smallest absolute Gasteiger partial charge is 0.308 e. The van der Waals surface area contributed by atoms with Crippen LogP contribution in [0.2, 0.25) is 0 Å². The lowest BCUT2D eigenvalue weighted by atomic mass is 10.1. The molecular formula is C14H14N4O4. The van der Waals surface area contributed by atoms with Crippen LogP contribution < -0.4 is 21.2 Å². The topological polar surface area (TPSA) is 96.4 Å². The molecule has 2 aromatic rings. The van der Waals surface area contributed by atoms with E-state index in [1.807, 2.05) is 0 Å². The fraction of sp³-hybridized carbons (Fsp3) is 0.214. The summed E-state index contributed by atoms with van der Waals surface area (Å²) in [5.74, 6) is -0.176. The third kappa shape index (κ3) is 1.96. The molecule has 0 saturated carbocycles. The molecule has 1 aromatic heterocycles. The summed E-state index contributed by atoms with van der Waals surface area (Å²) >= 11 is 0. The summed E-state index contributed by atoms with van der Waals surface area (Å²) in [6.45, 7) is 0. The van der Waals surface area contributed by atoms with E-state index in [1.54, 1.807) is 32.3 Å². The Balaban J connectivity index is 2.20. The Morgan fingerprint density at radius 1 is 1.23 bits per heavy atom. The fourth-order valence-electron chi connectivity index (χ4n) is 2.23. The Kier molecular flexibility index (Phi) is 3.01. The van der Waals surface area contributed by atoms with Crippen LogP contribution in [0.4, 0.5) is 11.4 Å². The van der Waals surface area contributed by atoms with Gasteiger partial charge in [0.05, 0.1) is 11.3 Å². The largest absolute Gasteiger partial charge is 0.446 e. The Bertz CT molecular complexity index is 895. The highest BCUT2D eigenvalue weighted by Gasteiger charge is 2.27. The van der Waals surface area contributed by atoms with Crippen molar-refractivity contribution in [1.29, 1.82) is 0 Å². The van der Waals surface area contributed by atoms with Crippen LogP contribution in [0.3, 0.4) is 0 Å². The van der Waals surface area contributed by atoms with E-state index in [2.05, 4.69) is 10.4 Å². The summed E-state index contributed by atoms with van der Waals surface area (Å²) in [7, 11) is 4.68. The maximum absolute atomic E-state index is 12.2. The van der Waals surface area contributed by atoms with Gasteiger partial charge in [0.25, 0.3) is 11.5 Å². The number of ether oxygens (including phenoxy) is 1. The number of H-pyrrole nitrogens is 1. The van der Waals surface area contributed by atoms with Crippen molar-refractivity contribution in [3.8, 4) is 11.5 Å². The zero-order chi connectivity index (χ0) is 16.0. The van der Waals surface area contributed by atoms with Gasteiger partial charge in [-0.15, -0.1) is 0 Å². The summed E-state index contributed by atoms with van der Waals surface area (Å²) in [5.41, 5.74) is -0.163. The Morgan fingerprint density at radius 3 is 2.64 bits per heavy atom. The summed E-state index contributed by atoms with van der Waals surface area (Å²) in [4.78, 5) is 37.7. The van der Waals surface area contributed by atoms with E-state index in [-0.39, 0.29) is 23.1 Å². The van der Waals surface area contributed by atoms with E-state index >= 15 is 0 Å². The molecule has 0 bridgehead atoms. The minimum atomic E-state index is -0.553. The monoisotopic (exact) mass is 302 g/mol. The number of hydrogen-bond donors (Lipinski definition) is 2. The van der Waals surface area contributed by atoms with Gasteiger partial charge in [0.1, 0.15) is 0 Å². The van der Waals surface area contributed by atoms with Gasteiger partial charge in [-0.1, -0.05) is 6.07 Å². The van der Waals surface area contributed by atoms with E-state index in [4.69, 9.17) is 4.74 Å². The van der Waals surface area contributed by atoms with Crippen molar-refractivity contribution in [2.75, 3.05) is 19.4 Å². The number of carbonyl (C=O) groups excluding carboxylic acids is 1. The highest BCUT2D eigenvalue weighted by molar-refractivity contribution is 5.99. The molecule has 0 atom stereocenters. The van der Waals surface area contributed by atoms with Crippen molar-refractivity contribution in [2.45, 2.75) is 0 Å². The number of nitrogens with zero attached hydrogens (tertiary/aromatic N) is 2. The number of fused-ring (bicyclic) bond motifs is 2. The predicted molar refractivity (Wildman–Crippen MR) is 80.1 cm³/mol. The van der Waals surface area contributed by atoms with E-state index in [9.17, 15) is 14.4 Å². The molecule has 0 aliphatic carbocycles. The Morgan fingerprint density at radius 2 is 1.95 bits per heavy atom. The number of nitrogens with one attached hydrogen (secondary N) is 2. The molecule has 0 unspecified atom stereocenters. The molecule has 0 fully saturated rings. The first kappa shape index (κ1) is 13.9. The van der Waals surface area contributed by atoms with Gasteiger partial charge in [-0.05, 0) is 12.1 Å². The first-order chi connectivity index (χ1) is 10.4. The zero-order valence-electron chi connectivity index (χ0n) is 12.3. The number of hydrogen-bond acceptors (Lipinski definition) is 5. The van der Waals surface area contributed by atoms with E-state index in [0.29, 0.717) is 11.3 Å². The second-order valence-electron chi connectivity index (χ2n) is 5.12. The summed E-state index contributed by atoms with van der Waals surface area (Å²) < 4.78 is 6.65. The van der Waals surface area contributed by atoms with Gasteiger partial charge in [-0.25, -0.2) is 0 Å². The zero-order valence-corrected chi connectivity index (χ0v) is 12.3. The number of rotatable bonds is 1. The molecule has 8 nitrogen and oxygen atoms in total. The van der Waals surface area contributed by atoms with Crippen LogP contribution in [0.1, 0.15) is 10.4 Å². The SMILES string of the molecule is CN(C)C(=O)c1cccc2c1Oc1c(c(=O)n(C)[nH]c1=O)N2. The number of para-hydroxylation sites is 1. The quantitative estimate of drug-likeness (QED) is 0.687. The second-order valence-corrected chi connectivity index (χ2v) is 5.12. The number of benzene rings is 1. The number of carbonyl (C=O) groups is 1. The highest BCUT2D eigenvalue weighted by Crippen LogP contribution is 2.40. The number of amides is 1. The van der Waals surface area contributed by atoms with Crippen LogP contribution in [-0.4, -0.2) is 34.7 Å². The predicted octanol–water partition coefficient (Wildman–Crippen LogP) is 0.625. The first-order valence-electron chi connectivity index (χ1n) is 6.53. The normalized spacial score (nSPS) is 11.8. The van der Waals surface area contributed by atoms with Crippen LogP contribution in [0, 0.1) is 0 Å². The van der Waals surface area contributed by atoms with Gasteiger partial charge >= 0.3 is 5.56 Å². The average molecular weight is 302 g/mol. The average Bonchev–Trinajstić information content (AvgIpc) is 2.50. The van der Waals surface area contributed by atoms with Crippen molar-refractivity contribution >= 4 is 17.3 Å². The van der Waals surface area contributed by atoms with Gasteiger partial charge < -0.3 is 15.0 Å². The van der Waals surface area contributed by atoms with Gasteiger partial charge in [0.2, 0.25) is 5.75 Å². The lowest BCUT2D eigenvalue weighted by Gasteiger charge is -2.23. The molecule has 1 aliphatic rings. The minimum absolute atomic E-state index is 0.0493. The standard InChI is InChI=1S/C14H14N4O4/c1-17(2)13(20)7-5-4-6-8-10(7)22-11-9(15-8)14(21)18(3)16-12(11)19/h4-6,15H,1-3H3,(H,16,19). The number of aromatic nitrogens is 2. The molecule has 3 rings (SSSR count). The lowest BCUT2D eigenvalue weighted by molar-refractivity contribution is 0.0825. The van der Waals surface area contributed by atoms with Gasteiger partial charge in [0, 0.05) is 21.1 Å². The van der Waals surface area contributed by atoms with Crippen molar-refractivity contribution in [1.82, 2.24) is 14.7 Å². The van der Waals surface area contributed by atoms with Crippen LogP contribution in [-0.2, 0) is 7.05 Å². The maximum Gasteiger partial charge on any atom is 0.308 e. The van der Waals surface area contributed by atoms with Gasteiger partial charge in [0.15, 0.2) is 11.4 Å². The lowest BCUT2D eigenvalue weighted by Crippen LogP contribution is -2.32. The first-order valence-corrected chi connectivity index (χ1v) is 6.53. The second kappa shape index (κ2) is 4.76. The number of anilines is 2. The molecule has 2 heterocycles. The van der Waals surface area contributed by atoms with Crippen LogP contribution in [0.25, 0.3) is 0 Å². The van der Waals surface area contributed by atoms with Crippen LogP contribution >= 0.6 is 0 Å².